The van der Waals surface area contributed by atoms with Crippen LogP contribution in [0.5, 0.6) is 0 Å². The Labute approximate surface area is 172 Å². The summed E-state index contributed by atoms with van der Waals surface area (Å²) in [5.74, 6) is -1.73. The van der Waals surface area contributed by atoms with E-state index in [1.807, 2.05) is 42.5 Å². The Bertz CT molecular complexity index is 1130. The lowest BCUT2D eigenvalue weighted by Crippen LogP contribution is -2.29. The van der Waals surface area contributed by atoms with Gasteiger partial charge in [-0.2, -0.15) is 0 Å². The van der Waals surface area contributed by atoms with Gasteiger partial charge >= 0.3 is 11.8 Å². The molecule has 0 saturated heterocycles. The minimum atomic E-state index is -3.83. The molecular formula is C20H17N3O4S2. The Morgan fingerprint density at radius 1 is 0.759 bits per heavy atom. The largest absolute Gasteiger partial charge is 0.318 e. The lowest BCUT2D eigenvalue weighted by Gasteiger charge is -2.11. The van der Waals surface area contributed by atoms with Gasteiger partial charge in [-0.25, -0.2) is 13.6 Å². The van der Waals surface area contributed by atoms with Crippen molar-refractivity contribution >= 4 is 45.0 Å². The second kappa shape index (κ2) is 8.91. The summed E-state index contributed by atoms with van der Waals surface area (Å²) in [5, 5.41) is 10.0. The smallest absolute Gasteiger partial charge is 0.314 e. The van der Waals surface area contributed by atoms with Crippen LogP contribution in [0.3, 0.4) is 0 Å². The summed E-state index contributed by atoms with van der Waals surface area (Å²) in [6, 6.07) is 22.0. The number of rotatable bonds is 5. The normalized spacial score (nSPS) is 10.9. The van der Waals surface area contributed by atoms with Crippen molar-refractivity contribution in [2.45, 2.75) is 14.7 Å². The summed E-state index contributed by atoms with van der Waals surface area (Å²) >= 11 is 1.46. The summed E-state index contributed by atoms with van der Waals surface area (Å²) in [7, 11) is -3.83. The molecule has 148 valence electrons. The van der Waals surface area contributed by atoms with Crippen LogP contribution in [-0.2, 0) is 19.6 Å². The molecule has 2 amide bonds. The van der Waals surface area contributed by atoms with Crippen LogP contribution < -0.4 is 15.8 Å². The van der Waals surface area contributed by atoms with Crippen molar-refractivity contribution in [1.82, 2.24) is 0 Å². The van der Waals surface area contributed by atoms with Crippen molar-refractivity contribution in [3.05, 3.63) is 78.9 Å². The minimum absolute atomic E-state index is 0.0909. The van der Waals surface area contributed by atoms with Crippen molar-refractivity contribution in [1.29, 1.82) is 0 Å². The molecule has 7 nitrogen and oxygen atoms in total. The van der Waals surface area contributed by atoms with Crippen molar-refractivity contribution in [3.8, 4) is 0 Å². The Morgan fingerprint density at radius 3 is 2.00 bits per heavy atom. The van der Waals surface area contributed by atoms with Gasteiger partial charge in [0.05, 0.1) is 10.6 Å². The third-order valence-electron chi connectivity index (χ3n) is 3.75. The molecule has 3 aromatic carbocycles. The average Bonchev–Trinajstić information content (AvgIpc) is 2.70. The van der Waals surface area contributed by atoms with Gasteiger partial charge in [-0.3, -0.25) is 9.59 Å². The van der Waals surface area contributed by atoms with Crippen LogP contribution in [0, 0.1) is 0 Å². The maximum absolute atomic E-state index is 12.3. The quantitative estimate of drug-likeness (QED) is 0.541. The van der Waals surface area contributed by atoms with Crippen molar-refractivity contribution in [2.75, 3.05) is 10.6 Å². The third-order valence-corrected chi connectivity index (χ3v) is 5.77. The standard InChI is InChI=1S/C20H17N3O4S2/c21-29(26,27)16-12-10-14(11-13-16)22-19(24)20(25)23-17-8-4-5-9-18(17)28-15-6-2-1-3-7-15/h1-13H,(H,22,24)(H,23,25)(H2,21,26,27). The van der Waals surface area contributed by atoms with Gasteiger partial charge in [0.1, 0.15) is 0 Å². The molecule has 0 aliphatic carbocycles. The summed E-state index contributed by atoms with van der Waals surface area (Å²) in [6.45, 7) is 0. The molecule has 3 rings (SSSR count). The number of nitrogens with two attached hydrogens (primary N) is 1. The molecule has 0 bridgehead atoms. The summed E-state index contributed by atoms with van der Waals surface area (Å²) in [5.41, 5.74) is 0.774. The van der Waals surface area contributed by atoms with Crippen LogP contribution in [0.2, 0.25) is 0 Å². The van der Waals surface area contributed by atoms with E-state index in [1.54, 1.807) is 12.1 Å². The van der Waals surface area contributed by atoms with Gasteiger partial charge in [0.2, 0.25) is 10.0 Å². The lowest BCUT2D eigenvalue weighted by atomic mass is 10.3. The molecule has 0 atom stereocenters. The Kier molecular flexibility index (Phi) is 6.32. The van der Waals surface area contributed by atoms with E-state index in [0.717, 1.165) is 9.79 Å². The van der Waals surface area contributed by atoms with E-state index in [1.165, 1.54) is 36.0 Å². The third kappa shape index (κ3) is 5.67. The highest BCUT2D eigenvalue weighted by molar-refractivity contribution is 7.99. The van der Waals surface area contributed by atoms with E-state index in [-0.39, 0.29) is 10.6 Å². The van der Waals surface area contributed by atoms with Gasteiger partial charge < -0.3 is 10.6 Å². The topological polar surface area (TPSA) is 118 Å². The monoisotopic (exact) mass is 427 g/mol. The Balaban J connectivity index is 1.68. The van der Waals surface area contributed by atoms with Crippen LogP contribution >= 0.6 is 11.8 Å². The average molecular weight is 428 g/mol. The molecule has 9 heteroatoms. The fourth-order valence-electron chi connectivity index (χ4n) is 2.37. The minimum Gasteiger partial charge on any atom is -0.318 e. The van der Waals surface area contributed by atoms with Crippen molar-refractivity contribution < 1.29 is 18.0 Å². The van der Waals surface area contributed by atoms with Crippen LogP contribution in [0.15, 0.2) is 93.5 Å². The van der Waals surface area contributed by atoms with Crippen LogP contribution in [-0.4, -0.2) is 20.2 Å². The first-order valence-corrected chi connectivity index (χ1v) is 10.8. The predicted octanol–water partition coefficient (Wildman–Crippen LogP) is 3.06. The molecule has 4 N–H and O–H groups in total. The maximum atomic E-state index is 12.3. The number of carbonyl (C=O) groups is 2. The zero-order chi connectivity index (χ0) is 20.9. The number of hydrogen-bond donors (Lipinski definition) is 3. The van der Waals surface area contributed by atoms with Crippen molar-refractivity contribution in [2.24, 2.45) is 5.14 Å². The summed E-state index contributed by atoms with van der Waals surface area (Å²) in [6.07, 6.45) is 0. The molecule has 0 spiro atoms. The lowest BCUT2D eigenvalue weighted by molar-refractivity contribution is -0.133. The molecule has 3 aromatic rings. The van der Waals surface area contributed by atoms with Gasteiger partial charge in [-0.1, -0.05) is 42.1 Å². The first kappa shape index (κ1) is 20.6. The molecular weight excluding hydrogens is 410 g/mol. The molecule has 0 aliphatic rings. The predicted molar refractivity (Wildman–Crippen MR) is 112 cm³/mol. The number of para-hydroxylation sites is 1. The van der Waals surface area contributed by atoms with E-state index in [4.69, 9.17) is 5.14 Å². The van der Waals surface area contributed by atoms with E-state index in [9.17, 15) is 18.0 Å². The molecule has 29 heavy (non-hydrogen) atoms. The van der Waals surface area contributed by atoms with Gasteiger partial charge in [0.15, 0.2) is 0 Å². The van der Waals surface area contributed by atoms with E-state index < -0.39 is 21.8 Å². The fraction of sp³-hybridized carbons (Fsp3) is 0. The van der Waals surface area contributed by atoms with E-state index >= 15 is 0 Å². The number of amides is 2. The van der Waals surface area contributed by atoms with Gasteiger partial charge in [0.25, 0.3) is 0 Å². The Morgan fingerprint density at radius 2 is 1.34 bits per heavy atom. The van der Waals surface area contributed by atoms with E-state index in [0.29, 0.717) is 5.69 Å². The highest BCUT2D eigenvalue weighted by Crippen LogP contribution is 2.33. The molecule has 0 heterocycles. The number of benzene rings is 3. The second-order valence-corrected chi connectivity index (χ2v) is 8.57. The zero-order valence-electron chi connectivity index (χ0n) is 15.0. The van der Waals surface area contributed by atoms with Crippen LogP contribution in [0.25, 0.3) is 0 Å². The number of hydrogen-bond acceptors (Lipinski definition) is 5. The fourth-order valence-corrected chi connectivity index (χ4v) is 3.81. The molecule has 0 unspecified atom stereocenters. The molecule has 0 aliphatic heterocycles. The number of nitrogens with one attached hydrogen (secondary N) is 2. The zero-order valence-corrected chi connectivity index (χ0v) is 16.7. The maximum Gasteiger partial charge on any atom is 0.314 e. The summed E-state index contributed by atoms with van der Waals surface area (Å²) in [4.78, 5) is 26.2. The second-order valence-electron chi connectivity index (χ2n) is 5.89. The van der Waals surface area contributed by atoms with Crippen LogP contribution in [0.4, 0.5) is 11.4 Å². The number of sulfonamides is 1. The Hall–Kier alpha value is -3.14. The molecule has 0 radical (unpaired) electrons. The molecule has 0 aromatic heterocycles. The SMILES string of the molecule is NS(=O)(=O)c1ccc(NC(=O)C(=O)Nc2ccccc2Sc2ccccc2)cc1. The van der Waals surface area contributed by atoms with Crippen molar-refractivity contribution in [3.63, 3.8) is 0 Å². The number of anilines is 2. The molecule has 0 fully saturated rings. The first-order valence-electron chi connectivity index (χ1n) is 8.40. The van der Waals surface area contributed by atoms with Crippen LogP contribution in [0.1, 0.15) is 0 Å². The molecule has 0 saturated carbocycles. The number of carbonyl (C=O) groups excluding carboxylic acids is 2. The number of primary sulfonamides is 1. The first-order chi connectivity index (χ1) is 13.8. The highest BCUT2D eigenvalue weighted by Gasteiger charge is 2.16. The summed E-state index contributed by atoms with van der Waals surface area (Å²) < 4.78 is 22.5. The highest BCUT2D eigenvalue weighted by atomic mass is 32.2. The van der Waals surface area contributed by atoms with Gasteiger partial charge in [0, 0.05) is 15.5 Å². The van der Waals surface area contributed by atoms with Gasteiger partial charge in [-0.05, 0) is 48.5 Å². The van der Waals surface area contributed by atoms with E-state index in [2.05, 4.69) is 10.6 Å². The van der Waals surface area contributed by atoms with Gasteiger partial charge in [-0.15, -0.1) is 0 Å².